The van der Waals surface area contributed by atoms with E-state index < -0.39 is 11.6 Å². The van der Waals surface area contributed by atoms with Gasteiger partial charge in [0.15, 0.2) is 0 Å². The van der Waals surface area contributed by atoms with Crippen LogP contribution < -0.4 is 16.6 Å². The molecule has 1 aromatic carbocycles. The number of thiophene rings is 1. The predicted octanol–water partition coefficient (Wildman–Crippen LogP) is 3.00. The standard InChI is InChI=1S/C12H9F2N5S/c13-6-1-2-8(14)9(5-6)16-10-7-3-4-20-11(7)18-12(17-10)19-15/h1-5H,15H2,(H2,16,17,18,19). The molecule has 0 saturated heterocycles. The van der Waals surface area contributed by atoms with Gasteiger partial charge in [0.1, 0.15) is 22.3 Å². The molecule has 102 valence electrons. The SMILES string of the molecule is NNc1nc(Nc2cc(F)ccc2F)c2ccsc2n1. The molecular formula is C12H9F2N5S. The Balaban J connectivity index is 2.09. The molecule has 0 fully saturated rings. The van der Waals surface area contributed by atoms with Gasteiger partial charge in [0.05, 0.1) is 11.1 Å². The third-order valence-electron chi connectivity index (χ3n) is 2.64. The van der Waals surface area contributed by atoms with E-state index in [0.29, 0.717) is 16.0 Å². The number of aromatic nitrogens is 2. The average molecular weight is 293 g/mol. The number of fused-ring (bicyclic) bond motifs is 1. The molecule has 0 aliphatic rings. The number of benzene rings is 1. The maximum atomic E-state index is 13.7. The third-order valence-corrected chi connectivity index (χ3v) is 3.44. The monoisotopic (exact) mass is 293 g/mol. The molecule has 0 atom stereocenters. The largest absolute Gasteiger partial charge is 0.337 e. The summed E-state index contributed by atoms with van der Waals surface area (Å²) >= 11 is 1.39. The van der Waals surface area contributed by atoms with Gasteiger partial charge in [-0.15, -0.1) is 11.3 Å². The molecule has 0 radical (unpaired) electrons. The molecule has 0 aliphatic carbocycles. The number of nitrogen functional groups attached to an aromatic ring is 1. The van der Waals surface area contributed by atoms with Crippen LogP contribution in [-0.4, -0.2) is 9.97 Å². The minimum atomic E-state index is -0.573. The maximum absolute atomic E-state index is 13.7. The van der Waals surface area contributed by atoms with E-state index in [9.17, 15) is 8.78 Å². The summed E-state index contributed by atoms with van der Waals surface area (Å²) in [7, 11) is 0. The van der Waals surface area contributed by atoms with Crippen molar-refractivity contribution in [1.82, 2.24) is 9.97 Å². The average Bonchev–Trinajstić information content (AvgIpc) is 2.91. The van der Waals surface area contributed by atoms with Crippen LogP contribution in [0, 0.1) is 11.6 Å². The zero-order valence-electron chi connectivity index (χ0n) is 10.0. The second kappa shape index (κ2) is 4.99. The van der Waals surface area contributed by atoms with Gasteiger partial charge < -0.3 is 5.32 Å². The first-order valence-electron chi connectivity index (χ1n) is 5.61. The van der Waals surface area contributed by atoms with Crippen LogP contribution in [0.25, 0.3) is 10.2 Å². The quantitative estimate of drug-likeness (QED) is 0.511. The lowest BCUT2D eigenvalue weighted by molar-refractivity contribution is 0.603. The molecule has 0 aliphatic heterocycles. The zero-order valence-corrected chi connectivity index (χ0v) is 10.8. The molecule has 8 heteroatoms. The van der Waals surface area contributed by atoms with Crippen molar-refractivity contribution in [3.8, 4) is 0 Å². The highest BCUT2D eigenvalue weighted by Crippen LogP contribution is 2.29. The lowest BCUT2D eigenvalue weighted by Gasteiger charge is -2.09. The molecule has 20 heavy (non-hydrogen) atoms. The van der Waals surface area contributed by atoms with Crippen LogP contribution in [0.3, 0.4) is 0 Å². The van der Waals surface area contributed by atoms with E-state index in [2.05, 4.69) is 20.7 Å². The molecule has 2 heterocycles. The van der Waals surface area contributed by atoms with Crippen LogP contribution in [-0.2, 0) is 0 Å². The van der Waals surface area contributed by atoms with Gasteiger partial charge >= 0.3 is 0 Å². The van der Waals surface area contributed by atoms with Gasteiger partial charge in [-0.25, -0.2) is 19.6 Å². The molecule has 5 nitrogen and oxygen atoms in total. The molecule has 4 N–H and O–H groups in total. The summed E-state index contributed by atoms with van der Waals surface area (Å²) in [4.78, 5) is 8.96. The van der Waals surface area contributed by atoms with Crippen LogP contribution in [0.1, 0.15) is 0 Å². The Morgan fingerprint density at radius 2 is 2.00 bits per heavy atom. The van der Waals surface area contributed by atoms with Crippen LogP contribution in [0.4, 0.5) is 26.2 Å². The number of hydrazine groups is 1. The van der Waals surface area contributed by atoms with Crippen molar-refractivity contribution < 1.29 is 8.78 Å². The van der Waals surface area contributed by atoms with E-state index in [4.69, 9.17) is 5.84 Å². The highest BCUT2D eigenvalue weighted by molar-refractivity contribution is 7.16. The first kappa shape index (κ1) is 12.7. The van der Waals surface area contributed by atoms with Gasteiger partial charge in [-0.2, -0.15) is 4.98 Å². The van der Waals surface area contributed by atoms with Gasteiger partial charge in [-0.05, 0) is 23.6 Å². The van der Waals surface area contributed by atoms with E-state index in [0.717, 1.165) is 18.2 Å². The molecule has 0 saturated carbocycles. The number of hydrogen-bond acceptors (Lipinski definition) is 6. The fraction of sp³-hybridized carbons (Fsp3) is 0. The maximum Gasteiger partial charge on any atom is 0.240 e. The van der Waals surface area contributed by atoms with Crippen LogP contribution in [0.2, 0.25) is 0 Å². The van der Waals surface area contributed by atoms with Crippen LogP contribution in [0.15, 0.2) is 29.6 Å². The van der Waals surface area contributed by atoms with Crippen molar-refractivity contribution in [3.63, 3.8) is 0 Å². The Bertz CT molecular complexity index is 774. The Kier molecular flexibility index (Phi) is 3.17. The number of halogens is 2. The second-order valence-electron chi connectivity index (χ2n) is 3.93. The van der Waals surface area contributed by atoms with Crippen molar-refractivity contribution in [3.05, 3.63) is 41.3 Å². The molecular weight excluding hydrogens is 284 g/mol. The first-order valence-corrected chi connectivity index (χ1v) is 6.49. The molecule has 0 unspecified atom stereocenters. The molecule has 0 amide bonds. The fourth-order valence-electron chi connectivity index (χ4n) is 1.74. The summed E-state index contributed by atoms with van der Waals surface area (Å²) in [5, 5.41) is 5.29. The number of anilines is 3. The Morgan fingerprint density at radius 1 is 1.15 bits per heavy atom. The van der Waals surface area contributed by atoms with Crippen molar-refractivity contribution in [2.75, 3.05) is 10.7 Å². The minimum absolute atomic E-state index is 0.000767. The number of nitrogens with two attached hydrogens (primary N) is 1. The summed E-state index contributed by atoms with van der Waals surface area (Å²) in [5.41, 5.74) is 2.34. The van der Waals surface area contributed by atoms with E-state index >= 15 is 0 Å². The number of nitrogens with zero attached hydrogens (tertiary/aromatic N) is 2. The minimum Gasteiger partial charge on any atom is -0.337 e. The van der Waals surface area contributed by atoms with E-state index in [1.165, 1.54) is 11.3 Å². The highest BCUT2D eigenvalue weighted by Gasteiger charge is 2.11. The second-order valence-corrected chi connectivity index (χ2v) is 4.82. The van der Waals surface area contributed by atoms with Gasteiger partial charge in [0.2, 0.25) is 5.95 Å². The number of rotatable bonds is 3. The normalized spacial score (nSPS) is 10.8. The highest BCUT2D eigenvalue weighted by atomic mass is 32.1. The lowest BCUT2D eigenvalue weighted by atomic mass is 10.3. The summed E-state index contributed by atoms with van der Waals surface area (Å²) in [5.74, 6) is 4.73. The van der Waals surface area contributed by atoms with E-state index in [-0.39, 0.29) is 11.6 Å². The Hall–Kier alpha value is -2.32. The van der Waals surface area contributed by atoms with E-state index in [1.807, 2.05) is 5.38 Å². The van der Waals surface area contributed by atoms with Gasteiger partial charge in [0.25, 0.3) is 0 Å². The van der Waals surface area contributed by atoms with E-state index in [1.54, 1.807) is 6.07 Å². The smallest absolute Gasteiger partial charge is 0.240 e. The molecule has 3 rings (SSSR count). The fourth-order valence-corrected chi connectivity index (χ4v) is 2.50. The predicted molar refractivity (Wildman–Crippen MR) is 74.9 cm³/mol. The Morgan fingerprint density at radius 3 is 2.80 bits per heavy atom. The summed E-state index contributed by atoms with van der Waals surface area (Å²) in [6.07, 6.45) is 0. The molecule has 3 aromatic rings. The summed E-state index contributed by atoms with van der Waals surface area (Å²) in [6.45, 7) is 0. The van der Waals surface area contributed by atoms with Gasteiger partial charge in [0, 0.05) is 6.07 Å². The van der Waals surface area contributed by atoms with Crippen LogP contribution >= 0.6 is 11.3 Å². The van der Waals surface area contributed by atoms with Gasteiger partial charge in [-0.3, -0.25) is 5.43 Å². The first-order chi connectivity index (χ1) is 9.67. The molecule has 0 spiro atoms. The molecule has 2 aromatic heterocycles. The number of hydrogen-bond donors (Lipinski definition) is 3. The van der Waals surface area contributed by atoms with Crippen molar-refractivity contribution in [1.29, 1.82) is 0 Å². The molecule has 0 bridgehead atoms. The third kappa shape index (κ3) is 2.26. The number of nitrogens with one attached hydrogen (secondary N) is 2. The summed E-state index contributed by atoms with van der Waals surface area (Å²) < 4.78 is 26.8. The van der Waals surface area contributed by atoms with Crippen molar-refractivity contribution in [2.24, 2.45) is 5.84 Å². The van der Waals surface area contributed by atoms with Crippen molar-refractivity contribution in [2.45, 2.75) is 0 Å². The van der Waals surface area contributed by atoms with Crippen molar-refractivity contribution >= 4 is 39.0 Å². The zero-order chi connectivity index (χ0) is 14.1. The van der Waals surface area contributed by atoms with Crippen LogP contribution in [0.5, 0.6) is 0 Å². The van der Waals surface area contributed by atoms with Gasteiger partial charge in [-0.1, -0.05) is 0 Å². The summed E-state index contributed by atoms with van der Waals surface area (Å²) in [6, 6.07) is 4.95. The lowest BCUT2D eigenvalue weighted by Crippen LogP contribution is -2.11. The Labute approximate surface area is 116 Å². The topological polar surface area (TPSA) is 75.9 Å².